The Hall–Kier alpha value is -0.698. The monoisotopic (exact) mass is 1660 g/mol. The van der Waals surface area contributed by atoms with Gasteiger partial charge in [0.1, 0.15) is 19.3 Å². The Morgan fingerprint density at radius 2 is 0.726 bits per heavy atom. The van der Waals surface area contributed by atoms with Crippen LogP contribution in [0.25, 0.3) is 0 Å². The molecule has 4 aromatic carbocycles. The largest absolute Gasteiger partial charge is 0.643 e. The Kier molecular flexibility index (Phi) is 32.4. The molecule has 31 heteroatoms. The van der Waals surface area contributed by atoms with Gasteiger partial charge in [0.15, 0.2) is 75.5 Å². The van der Waals surface area contributed by atoms with E-state index in [4.69, 9.17) is 58.1 Å². The maximum absolute atomic E-state index is 13.0. The molecule has 0 fully saturated rings. The molecule has 9 nitrogen and oxygen atoms in total. The zero-order valence-corrected chi connectivity index (χ0v) is 53.0. The molecule has 1 aliphatic rings. The van der Waals surface area contributed by atoms with Crippen LogP contribution in [-0.2, 0) is 19.1 Å². The lowest BCUT2D eigenvalue weighted by molar-refractivity contribution is -0.142. The number of ketones is 5. The molecule has 0 aliphatic heterocycles. The van der Waals surface area contributed by atoms with Gasteiger partial charge < -0.3 is 4.74 Å². The lowest BCUT2D eigenvalue weighted by Crippen LogP contribution is -2.38. The zero-order chi connectivity index (χ0) is 56.5. The van der Waals surface area contributed by atoms with Crippen LogP contribution in [0.3, 0.4) is 0 Å². The van der Waals surface area contributed by atoms with Crippen LogP contribution in [0.15, 0.2) is 66.7 Å². The lowest BCUT2D eigenvalue weighted by atomic mass is 9.89. The molecule has 8 atom stereocenters. The van der Waals surface area contributed by atoms with Crippen molar-refractivity contribution in [1.82, 2.24) is 0 Å². The second kappa shape index (κ2) is 33.7. The minimum atomic E-state index is -1.72. The fourth-order valence-corrected chi connectivity index (χ4v) is 8.78. The highest BCUT2D eigenvalue weighted by Gasteiger charge is 2.39. The number of hydrogen-bond donors (Lipinski definition) is 0. The van der Waals surface area contributed by atoms with E-state index < -0.39 is 142 Å². The maximum Gasteiger partial charge on any atom is 0.643 e. The molecule has 0 aromatic heterocycles. The number of Topliss-reactive ketones (excluding diaryl/α,β-unsaturated/α-hetero) is 5. The summed E-state index contributed by atoms with van der Waals surface area (Å²) in [5, 5.41) is -1.52. The summed E-state index contributed by atoms with van der Waals surface area (Å²) in [6.07, 6.45) is 0. The van der Waals surface area contributed by atoms with Gasteiger partial charge in [0.05, 0.1) is 25.9 Å². The van der Waals surface area contributed by atoms with Crippen LogP contribution in [0.4, 0.5) is 35.1 Å². The number of hydrogen-bond acceptors (Lipinski definition) is 9. The van der Waals surface area contributed by atoms with Crippen molar-refractivity contribution in [2.45, 2.75) is 45.5 Å². The van der Waals surface area contributed by atoms with Crippen molar-refractivity contribution >= 4 is 238 Å². The van der Waals surface area contributed by atoms with E-state index in [9.17, 15) is 73.5 Å². The second-order valence-corrected chi connectivity index (χ2v) is 28.4. The third-order valence-electron chi connectivity index (χ3n) is 8.43. The van der Waals surface area contributed by atoms with Gasteiger partial charge in [-0.3, -0.25) is 38.4 Å². The summed E-state index contributed by atoms with van der Waals surface area (Å²) >= 11 is 32.6. The van der Waals surface area contributed by atoms with Crippen molar-refractivity contribution in [2.24, 2.45) is 0 Å². The molecular weight excluding hydrogens is 1640 g/mol. The number of benzene rings is 4. The van der Waals surface area contributed by atoms with Crippen molar-refractivity contribution in [3.05, 3.63) is 141 Å². The number of alkyl halides is 8. The number of rotatable bonds is 13. The highest BCUT2D eigenvalue weighted by Crippen LogP contribution is 2.32. The molecule has 0 heterocycles. The molecule has 0 amide bonds. The highest BCUT2D eigenvalue weighted by atomic mass is 79.9. The van der Waals surface area contributed by atoms with Gasteiger partial charge in [0.25, 0.3) is 0 Å². The van der Waals surface area contributed by atoms with Crippen LogP contribution in [-0.4, -0.2) is 102 Å². The van der Waals surface area contributed by atoms with Gasteiger partial charge in [-0.1, -0.05) is 127 Å². The smallest absolute Gasteiger partial charge is 0.465 e. The first-order chi connectivity index (χ1) is 33.7. The molecule has 4 aromatic rings. The van der Waals surface area contributed by atoms with Crippen molar-refractivity contribution in [2.75, 3.05) is 6.61 Å². The first-order valence-corrected chi connectivity index (χ1v) is 32.2. The standard InChI is InChI=1S/C12H10Br2F2O3.2C10H5Br2ClF2O2.C10H4Br2F2O2.Al.3ClH/c1-2-19-12(18)10(14)9(13)11(17)6-3-4-7(15)8(16)5-6;2*11-7(8(12)10(13)17)9(16)4-1-2-5(14)6(15)3-4;11-7-8(12)10(16)4-2-6(14)5(13)1-3(4)9(7)15;;;;/h3-5,9-10H,2H2,1H3;2*1-3,7-8H;1-2,7-8H;;3*1H/q;;;;+3;;;/p-3. The number of ether oxygens (including phenoxy) is 1. The van der Waals surface area contributed by atoms with Crippen LogP contribution in [0.1, 0.15) is 58.7 Å². The fourth-order valence-electron chi connectivity index (χ4n) is 4.91. The van der Waals surface area contributed by atoms with E-state index in [1.165, 1.54) is 0 Å². The summed E-state index contributed by atoms with van der Waals surface area (Å²) in [5.74, 6) is -11.9. The van der Waals surface area contributed by atoms with E-state index in [0.29, 0.717) is 0 Å². The summed E-state index contributed by atoms with van der Waals surface area (Å²) in [6, 6.07) is 9.81. The SMILES string of the molecule is CCOC(=O)C(Br)C(Br)C(=O)c1ccc(F)c(F)c1.O=C(Cl)C(Br)C(Br)C(=O)c1ccc(F)c(F)c1.O=C(Cl)C(Br)C(Br)C(=O)c1ccc(F)c(F)c1.O=C1c2cc(F)c(F)cc2C(=O)C(Br)C1Br.[Cl][Al]([Cl])[Cl]. The van der Waals surface area contributed by atoms with Crippen LogP contribution < -0.4 is 0 Å². The van der Waals surface area contributed by atoms with Crippen LogP contribution in [0, 0.1) is 46.5 Å². The zero-order valence-electron chi connectivity index (χ0n) is 35.4. The maximum atomic E-state index is 13.0. The second-order valence-electron chi connectivity index (χ2n) is 13.3. The normalized spacial score (nSPS) is 15.9. The highest BCUT2D eigenvalue weighted by molar-refractivity contribution is 9.13. The number of fused-ring (bicyclic) bond motifs is 1. The van der Waals surface area contributed by atoms with Gasteiger partial charge in [-0.2, -0.15) is 0 Å². The third-order valence-corrected chi connectivity index (χ3v) is 19.8. The molecule has 0 bridgehead atoms. The first kappa shape index (κ1) is 70.3. The van der Waals surface area contributed by atoms with Gasteiger partial charge in [0.2, 0.25) is 10.5 Å². The molecule has 8 unspecified atom stereocenters. The van der Waals surface area contributed by atoms with E-state index in [0.717, 1.165) is 66.7 Å². The molecule has 396 valence electrons. The first-order valence-electron chi connectivity index (χ1n) is 18.9. The molecular formula is C42H24AlBr8Cl5F8O9. The lowest BCUT2D eigenvalue weighted by Gasteiger charge is -2.22. The molecule has 0 N–H and O–H groups in total. The van der Waals surface area contributed by atoms with Crippen molar-refractivity contribution in [1.29, 1.82) is 0 Å². The fraction of sp³-hybridized carbons (Fsp3) is 0.238. The van der Waals surface area contributed by atoms with E-state index in [2.05, 4.69) is 127 Å². The molecule has 1 aliphatic carbocycles. The van der Waals surface area contributed by atoms with Crippen LogP contribution in [0.5, 0.6) is 0 Å². The number of esters is 1. The van der Waals surface area contributed by atoms with E-state index in [-0.39, 0.29) is 34.4 Å². The van der Waals surface area contributed by atoms with Crippen molar-refractivity contribution in [3.8, 4) is 0 Å². The van der Waals surface area contributed by atoms with Gasteiger partial charge in [-0.25, -0.2) is 65.3 Å². The van der Waals surface area contributed by atoms with Crippen molar-refractivity contribution < 1.29 is 78.2 Å². The summed E-state index contributed by atoms with van der Waals surface area (Å²) < 4.78 is 108. The average Bonchev–Trinajstić information content (AvgIpc) is 3.34. The molecule has 0 radical (unpaired) electrons. The van der Waals surface area contributed by atoms with Gasteiger partial charge in [-0.15, -0.1) is 0 Å². The Labute approximate surface area is 503 Å². The van der Waals surface area contributed by atoms with E-state index in [1.807, 2.05) is 0 Å². The summed E-state index contributed by atoms with van der Waals surface area (Å²) in [7, 11) is 14.8. The van der Waals surface area contributed by atoms with Gasteiger partial charge in [0, 0.05) is 27.8 Å². The number of carbonyl (C=O) groups is 8. The Bertz CT molecular complexity index is 2580. The average molecular weight is 1670 g/mol. The van der Waals surface area contributed by atoms with Gasteiger partial charge >= 0.3 is 17.4 Å². The third kappa shape index (κ3) is 21.8. The summed E-state index contributed by atoms with van der Waals surface area (Å²) in [6.45, 7) is 1.82. The number of halogens is 21. The minimum Gasteiger partial charge on any atom is -0.465 e. The summed E-state index contributed by atoms with van der Waals surface area (Å²) in [5.41, 5.74) is -0.293. The predicted molar refractivity (Wildman–Crippen MR) is 290 cm³/mol. The van der Waals surface area contributed by atoms with Crippen molar-refractivity contribution in [3.63, 3.8) is 0 Å². The molecule has 5 rings (SSSR count). The predicted octanol–water partition coefficient (Wildman–Crippen LogP) is 14.7. The van der Waals surface area contributed by atoms with Crippen LogP contribution >= 0.6 is 181 Å². The molecule has 0 saturated heterocycles. The van der Waals surface area contributed by atoms with Gasteiger partial charge in [-0.05, 0) is 96.9 Å². The Morgan fingerprint density at radius 3 is 0.959 bits per heavy atom. The molecule has 0 saturated carbocycles. The Balaban J connectivity index is 0.000000475. The Morgan fingerprint density at radius 1 is 0.479 bits per heavy atom. The van der Waals surface area contributed by atoms with E-state index >= 15 is 0 Å². The quantitative estimate of drug-likeness (QED) is 0.0319. The van der Waals surface area contributed by atoms with Crippen LogP contribution in [0.2, 0.25) is 0 Å². The molecule has 0 spiro atoms. The minimum absolute atomic E-state index is 0.0328. The topological polar surface area (TPSA) is 146 Å². The molecule has 73 heavy (non-hydrogen) atoms. The number of carbonyl (C=O) groups excluding carboxylic acids is 8. The summed E-state index contributed by atoms with van der Waals surface area (Å²) in [4.78, 5) is 85.0. The van der Waals surface area contributed by atoms with E-state index in [1.54, 1.807) is 6.92 Å².